The first kappa shape index (κ1) is 17.3. The first-order valence-electron chi connectivity index (χ1n) is 7.14. The minimum Gasteiger partial charge on any atom is -0.493 e. The summed E-state index contributed by atoms with van der Waals surface area (Å²) in [5.74, 6) is 0.0144. The molecule has 0 fully saturated rings. The number of pyridine rings is 1. The van der Waals surface area contributed by atoms with Crippen LogP contribution >= 0.6 is 23.2 Å². The smallest absolute Gasteiger partial charge is 0.257 e. The number of halogens is 2. The van der Waals surface area contributed by atoms with Gasteiger partial charge in [-0.3, -0.25) is 9.59 Å². The standard InChI is InChI=1S/C17H12Cl2N2O4/c1-8(22)14-6-11-10(3-4-13(24-2)15(11)25-14)17(23)21-16-12(19)5-9(18)7-20-16/h3-7H,1-2H3,(H,20,21,23). The Morgan fingerprint density at radius 3 is 2.64 bits per heavy atom. The molecule has 0 unspecified atom stereocenters. The molecular weight excluding hydrogens is 367 g/mol. The summed E-state index contributed by atoms with van der Waals surface area (Å²) in [6, 6.07) is 6.13. The van der Waals surface area contributed by atoms with Crippen LogP contribution in [0.1, 0.15) is 27.8 Å². The van der Waals surface area contributed by atoms with Crippen molar-refractivity contribution in [2.24, 2.45) is 0 Å². The second-order valence-corrected chi connectivity index (χ2v) is 6.01. The lowest BCUT2D eigenvalue weighted by molar-refractivity contribution is 0.0987. The summed E-state index contributed by atoms with van der Waals surface area (Å²) in [6.07, 6.45) is 1.37. The van der Waals surface area contributed by atoms with E-state index in [4.69, 9.17) is 32.4 Å². The summed E-state index contributed by atoms with van der Waals surface area (Å²) in [5.41, 5.74) is 0.607. The van der Waals surface area contributed by atoms with Crippen molar-refractivity contribution < 1.29 is 18.7 Å². The van der Waals surface area contributed by atoms with Crippen LogP contribution in [0.2, 0.25) is 10.0 Å². The molecule has 0 saturated heterocycles. The number of carbonyl (C=O) groups is 2. The van der Waals surface area contributed by atoms with E-state index in [0.717, 1.165) is 0 Å². The molecule has 0 bridgehead atoms. The van der Waals surface area contributed by atoms with Crippen LogP contribution in [0.15, 0.2) is 34.9 Å². The van der Waals surface area contributed by atoms with Gasteiger partial charge in [0.2, 0.25) is 0 Å². The molecule has 8 heteroatoms. The molecule has 1 N–H and O–H groups in total. The number of anilines is 1. The third-order valence-electron chi connectivity index (χ3n) is 3.50. The number of nitrogens with zero attached hydrogens (tertiary/aromatic N) is 1. The molecule has 0 aliphatic carbocycles. The number of methoxy groups -OCH3 is 1. The molecule has 0 aliphatic rings. The Morgan fingerprint density at radius 1 is 1.24 bits per heavy atom. The summed E-state index contributed by atoms with van der Waals surface area (Å²) in [7, 11) is 1.47. The maximum absolute atomic E-state index is 12.6. The van der Waals surface area contributed by atoms with Crippen LogP contribution in [-0.4, -0.2) is 23.8 Å². The van der Waals surface area contributed by atoms with Crippen molar-refractivity contribution in [3.63, 3.8) is 0 Å². The fourth-order valence-electron chi connectivity index (χ4n) is 2.31. The highest BCUT2D eigenvalue weighted by atomic mass is 35.5. The largest absolute Gasteiger partial charge is 0.493 e. The van der Waals surface area contributed by atoms with Gasteiger partial charge in [0, 0.05) is 18.5 Å². The van der Waals surface area contributed by atoms with Crippen molar-refractivity contribution in [2.75, 3.05) is 12.4 Å². The quantitative estimate of drug-likeness (QED) is 0.670. The fourth-order valence-corrected chi connectivity index (χ4v) is 2.74. The first-order valence-corrected chi connectivity index (χ1v) is 7.90. The SMILES string of the molecule is COc1ccc(C(=O)Nc2ncc(Cl)cc2Cl)c2cc(C(C)=O)oc12. The van der Waals surface area contributed by atoms with Gasteiger partial charge in [-0.2, -0.15) is 0 Å². The van der Waals surface area contributed by atoms with Crippen LogP contribution in [0.3, 0.4) is 0 Å². The zero-order valence-corrected chi connectivity index (χ0v) is 14.7. The van der Waals surface area contributed by atoms with Gasteiger partial charge in [-0.15, -0.1) is 0 Å². The molecule has 128 valence electrons. The molecule has 0 saturated carbocycles. The highest BCUT2D eigenvalue weighted by Crippen LogP contribution is 2.32. The number of ketones is 1. The Balaban J connectivity index is 2.05. The second kappa shape index (κ2) is 6.74. The molecule has 3 aromatic rings. The number of Topliss-reactive ketones (excluding diaryl/α,β-unsaturated/α-hetero) is 1. The normalized spacial score (nSPS) is 10.7. The molecule has 0 atom stereocenters. The summed E-state index contributed by atoms with van der Waals surface area (Å²) < 4.78 is 10.7. The summed E-state index contributed by atoms with van der Waals surface area (Å²) >= 11 is 11.8. The maximum Gasteiger partial charge on any atom is 0.257 e. The molecule has 1 aromatic carbocycles. The van der Waals surface area contributed by atoms with Crippen LogP contribution in [0.5, 0.6) is 5.75 Å². The number of benzene rings is 1. The summed E-state index contributed by atoms with van der Waals surface area (Å²) in [5, 5.41) is 3.63. The zero-order chi connectivity index (χ0) is 18.1. The molecular formula is C17H12Cl2N2O4. The number of carbonyl (C=O) groups excluding carboxylic acids is 2. The lowest BCUT2D eigenvalue weighted by Crippen LogP contribution is -2.13. The predicted octanol–water partition coefficient (Wildman–Crippen LogP) is 4.60. The lowest BCUT2D eigenvalue weighted by atomic mass is 10.1. The minimum absolute atomic E-state index is 0.135. The molecule has 1 amide bonds. The van der Waals surface area contributed by atoms with Crippen molar-refractivity contribution in [3.8, 4) is 5.75 Å². The summed E-state index contributed by atoms with van der Waals surface area (Å²) in [6.45, 7) is 1.38. The fraction of sp³-hybridized carbons (Fsp3) is 0.118. The Bertz CT molecular complexity index is 998. The Morgan fingerprint density at radius 2 is 2.00 bits per heavy atom. The number of ether oxygens (including phenoxy) is 1. The van der Waals surface area contributed by atoms with E-state index in [1.165, 1.54) is 32.4 Å². The van der Waals surface area contributed by atoms with E-state index in [0.29, 0.717) is 27.3 Å². The first-order chi connectivity index (χ1) is 11.9. The average molecular weight is 379 g/mol. The van der Waals surface area contributed by atoms with Crippen LogP contribution < -0.4 is 10.1 Å². The van der Waals surface area contributed by atoms with Crippen LogP contribution in [0.4, 0.5) is 5.82 Å². The average Bonchev–Trinajstić information content (AvgIpc) is 3.02. The number of hydrogen-bond donors (Lipinski definition) is 1. The van der Waals surface area contributed by atoms with Crippen molar-refractivity contribution in [3.05, 3.63) is 51.8 Å². The van der Waals surface area contributed by atoms with E-state index in [1.807, 2.05) is 0 Å². The van der Waals surface area contributed by atoms with Gasteiger partial charge in [-0.1, -0.05) is 23.2 Å². The number of furan rings is 1. The van der Waals surface area contributed by atoms with Gasteiger partial charge >= 0.3 is 0 Å². The van der Waals surface area contributed by atoms with Gasteiger partial charge in [0.05, 0.1) is 22.7 Å². The minimum atomic E-state index is -0.458. The lowest BCUT2D eigenvalue weighted by Gasteiger charge is -2.08. The molecule has 3 rings (SSSR count). The van der Waals surface area contributed by atoms with Gasteiger partial charge in [0.1, 0.15) is 0 Å². The van der Waals surface area contributed by atoms with Crippen LogP contribution in [0, 0.1) is 0 Å². The number of rotatable bonds is 4. The van der Waals surface area contributed by atoms with E-state index in [2.05, 4.69) is 10.3 Å². The molecule has 0 aliphatic heterocycles. The van der Waals surface area contributed by atoms with Gasteiger partial charge in [0.25, 0.3) is 5.91 Å². The second-order valence-electron chi connectivity index (χ2n) is 5.16. The van der Waals surface area contributed by atoms with Gasteiger partial charge in [0.15, 0.2) is 28.7 Å². The summed E-state index contributed by atoms with van der Waals surface area (Å²) in [4.78, 5) is 28.2. The van der Waals surface area contributed by atoms with E-state index in [9.17, 15) is 9.59 Å². The van der Waals surface area contributed by atoms with Gasteiger partial charge in [-0.05, 0) is 24.3 Å². The predicted molar refractivity (Wildman–Crippen MR) is 95.0 cm³/mol. The third kappa shape index (κ3) is 3.31. The van der Waals surface area contributed by atoms with Crippen LogP contribution in [-0.2, 0) is 0 Å². The van der Waals surface area contributed by atoms with E-state index in [-0.39, 0.29) is 22.4 Å². The van der Waals surface area contributed by atoms with Gasteiger partial charge in [-0.25, -0.2) is 4.98 Å². The van der Waals surface area contributed by atoms with Crippen LogP contribution in [0.25, 0.3) is 11.0 Å². The van der Waals surface area contributed by atoms with Crippen molar-refractivity contribution >= 4 is 51.7 Å². The number of aromatic nitrogens is 1. The Kier molecular flexibility index (Phi) is 4.65. The molecule has 2 aromatic heterocycles. The highest BCUT2D eigenvalue weighted by molar-refractivity contribution is 6.36. The molecule has 0 spiro atoms. The van der Waals surface area contributed by atoms with E-state index in [1.54, 1.807) is 12.1 Å². The van der Waals surface area contributed by atoms with Crippen molar-refractivity contribution in [1.82, 2.24) is 4.98 Å². The molecule has 6 nitrogen and oxygen atoms in total. The number of nitrogens with one attached hydrogen (secondary N) is 1. The van der Waals surface area contributed by atoms with Crippen molar-refractivity contribution in [2.45, 2.75) is 6.92 Å². The molecule has 0 radical (unpaired) electrons. The van der Waals surface area contributed by atoms with E-state index >= 15 is 0 Å². The van der Waals surface area contributed by atoms with E-state index < -0.39 is 5.91 Å². The number of amides is 1. The topological polar surface area (TPSA) is 81.4 Å². The zero-order valence-electron chi connectivity index (χ0n) is 13.2. The molecule has 2 heterocycles. The van der Waals surface area contributed by atoms with Crippen molar-refractivity contribution in [1.29, 1.82) is 0 Å². The number of hydrogen-bond acceptors (Lipinski definition) is 5. The third-order valence-corrected chi connectivity index (χ3v) is 3.99. The Hall–Kier alpha value is -2.57. The molecule has 25 heavy (non-hydrogen) atoms. The monoisotopic (exact) mass is 378 g/mol. The maximum atomic E-state index is 12.6. The number of fused-ring (bicyclic) bond motifs is 1. The Labute approximate surface area is 152 Å². The highest BCUT2D eigenvalue weighted by Gasteiger charge is 2.20. The van der Waals surface area contributed by atoms with Gasteiger partial charge < -0.3 is 14.5 Å².